The van der Waals surface area contributed by atoms with Gasteiger partial charge in [-0.05, 0) is 31.9 Å². The third-order valence-electron chi connectivity index (χ3n) is 4.82. The molecule has 0 spiro atoms. The number of nitrogens with zero attached hydrogens (tertiary/aromatic N) is 3. The molecule has 4 nitrogen and oxygen atoms in total. The van der Waals surface area contributed by atoms with Crippen molar-refractivity contribution in [2.75, 3.05) is 7.05 Å². The highest BCUT2D eigenvalue weighted by atomic mass is 32.1. The van der Waals surface area contributed by atoms with Crippen molar-refractivity contribution in [3.63, 3.8) is 0 Å². The molecule has 1 aliphatic carbocycles. The van der Waals surface area contributed by atoms with E-state index in [9.17, 15) is 4.79 Å². The van der Waals surface area contributed by atoms with Crippen molar-refractivity contribution in [1.29, 1.82) is 0 Å². The van der Waals surface area contributed by atoms with Crippen molar-refractivity contribution < 1.29 is 4.79 Å². The van der Waals surface area contributed by atoms with Crippen LogP contribution in [0.1, 0.15) is 60.3 Å². The molecule has 1 aliphatic rings. The van der Waals surface area contributed by atoms with Gasteiger partial charge >= 0.3 is 0 Å². The Kier molecular flexibility index (Phi) is 5.61. The molecule has 2 heterocycles. The highest BCUT2D eigenvalue weighted by molar-refractivity contribution is 7.17. The van der Waals surface area contributed by atoms with Gasteiger partial charge in [0.25, 0.3) is 5.91 Å². The van der Waals surface area contributed by atoms with Gasteiger partial charge in [-0.15, -0.1) is 11.3 Å². The van der Waals surface area contributed by atoms with Gasteiger partial charge in [-0.25, -0.2) is 4.98 Å². The number of hydrogen-bond donors (Lipinski definition) is 0. The fourth-order valence-corrected chi connectivity index (χ4v) is 4.37. The normalized spacial score (nSPS) is 16.4. The van der Waals surface area contributed by atoms with Gasteiger partial charge in [-0.1, -0.05) is 38.2 Å². The number of aryl methyl sites for hydroxylation is 1. The highest BCUT2D eigenvalue weighted by Gasteiger charge is 2.25. The van der Waals surface area contributed by atoms with E-state index in [1.54, 1.807) is 6.20 Å². The maximum absolute atomic E-state index is 13.0. The maximum Gasteiger partial charge on any atom is 0.265 e. The Hall–Kier alpha value is -1.75. The second-order valence-corrected chi connectivity index (χ2v) is 7.56. The van der Waals surface area contributed by atoms with Gasteiger partial charge in [0, 0.05) is 19.3 Å². The van der Waals surface area contributed by atoms with Crippen LogP contribution in [0.3, 0.4) is 0 Å². The van der Waals surface area contributed by atoms with Crippen molar-refractivity contribution in [2.24, 2.45) is 0 Å². The van der Waals surface area contributed by atoms with E-state index in [2.05, 4.69) is 9.97 Å². The zero-order valence-electron chi connectivity index (χ0n) is 14.5. The Balaban J connectivity index is 1.77. The Morgan fingerprint density at radius 2 is 1.88 bits per heavy atom. The average molecular weight is 343 g/mol. The van der Waals surface area contributed by atoms with E-state index in [-0.39, 0.29) is 5.91 Å². The molecule has 128 valence electrons. The largest absolute Gasteiger partial charge is 0.338 e. The predicted octanol–water partition coefficient (Wildman–Crippen LogP) is 4.70. The SMILES string of the molecule is Cc1nc(-c2ccccn2)sc1C(=O)N(C)C1CCCCCCC1. The molecule has 0 atom stereocenters. The molecule has 0 radical (unpaired) electrons. The van der Waals surface area contributed by atoms with Crippen LogP contribution in [0, 0.1) is 6.92 Å². The monoisotopic (exact) mass is 343 g/mol. The van der Waals surface area contributed by atoms with Crippen LogP contribution < -0.4 is 0 Å². The predicted molar refractivity (Wildman–Crippen MR) is 98.3 cm³/mol. The lowest BCUT2D eigenvalue weighted by molar-refractivity contribution is 0.0711. The first-order chi connectivity index (χ1) is 11.7. The van der Waals surface area contributed by atoms with E-state index >= 15 is 0 Å². The number of carbonyl (C=O) groups excluding carboxylic acids is 1. The molecule has 0 bridgehead atoms. The van der Waals surface area contributed by atoms with Crippen LogP contribution in [-0.2, 0) is 0 Å². The van der Waals surface area contributed by atoms with E-state index in [1.165, 1.54) is 43.4 Å². The van der Waals surface area contributed by atoms with E-state index in [0.717, 1.165) is 34.1 Å². The fraction of sp³-hybridized carbons (Fsp3) is 0.526. The molecule has 0 N–H and O–H groups in total. The summed E-state index contributed by atoms with van der Waals surface area (Å²) in [6, 6.07) is 6.13. The molecular weight excluding hydrogens is 318 g/mol. The van der Waals surface area contributed by atoms with Gasteiger partial charge < -0.3 is 4.90 Å². The minimum atomic E-state index is 0.109. The summed E-state index contributed by atoms with van der Waals surface area (Å²) in [4.78, 5) is 24.6. The van der Waals surface area contributed by atoms with Crippen LogP contribution >= 0.6 is 11.3 Å². The molecule has 2 aromatic heterocycles. The number of amides is 1. The summed E-state index contributed by atoms with van der Waals surface area (Å²) in [5, 5.41) is 0.822. The molecule has 3 rings (SSSR count). The van der Waals surface area contributed by atoms with Crippen molar-refractivity contribution in [3.8, 4) is 10.7 Å². The Morgan fingerprint density at radius 1 is 1.17 bits per heavy atom. The van der Waals surface area contributed by atoms with Crippen LogP contribution in [0.2, 0.25) is 0 Å². The van der Waals surface area contributed by atoms with Crippen LogP contribution in [0.15, 0.2) is 24.4 Å². The highest BCUT2D eigenvalue weighted by Crippen LogP contribution is 2.29. The number of thiazole rings is 1. The van der Waals surface area contributed by atoms with Crippen molar-refractivity contribution in [1.82, 2.24) is 14.9 Å². The van der Waals surface area contributed by atoms with Gasteiger partial charge in [-0.2, -0.15) is 0 Å². The van der Waals surface area contributed by atoms with Gasteiger partial charge in [0.05, 0.1) is 11.4 Å². The smallest absolute Gasteiger partial charge is 0.265 e. The third-order valence-corrected chi connectivity index (χ3v) is 5.99. The van der Waals surface area contributed by atoms with E-state index in [4.69, 9.17) is 0 Å². The number of carbonyl (C=O) groups is 1. The summed E-state index contributed by atoms with van der Waals surface area (Å²) in [5.41, 5.74) is 1.64. The molecule has 24 heavy (non-hydrogen) atoms. The summed E-state index contributed by atoms with van der Waals surface area (Å²) < 4.78 is 0. The van der Waals surface area contributed by atoms with Crippen molar-refractivity contribution >= 4 is 17.2 Å². The first-order valence-electron chi connectivity index (χ1n) is 8.83. The van der Waals surface area contributed by atoms with Gasteiger partial charge in [0.2, 0.25) is 0 Å². The standard InChI is InChI=1S/C19H25N3OS/c1-14-17(24-18(21-14)16-12-8-9-13-20-16)19(23)22(2)15-10-6-4-3-5-7-11-15/h8-9,12-13,15H,3-7,10-11H2,1-2H3. The molecule has 2 aromatic rings. The summed E-state index contributed by atoms with van der Waals surface area (Å²) in [5.74, 6) is 0.109. The zero-order valence-corrected chi connectivity index (χ0v) is 15.3. The zero-order chi connectivity index (χ0) is 16.9. The molecule has 0 aliphatic heterocycles. The molecule has 0 unspecified atom stereocenters. The topological polar surface area (TPSA) is 46.1 Å². The Labute approximate surface area is 147 Å². The average Bonchev–Trinajstić information content (AvgIpc) is 2.96. The number of pyridine rings is 1. The second-order valence-electron chi connectivity index (χ2n) is 6.56. The summed E-state index contributed by atoms with van der Waals surface area (Å²) in [7, 11) is 1.95. The summed E-state index contributed by atoms with van der Waals surface area (Å²) in [6.45, 7) is 1.92. The minimum absolute atomic E-state index is 0.109. The van der Waals surface area contributed by atoms with E-state index in [1.807, 2.05) is 37.1 Å². The number of hydrogen-bond acceptors (Lipinski definition) is 4. The lowest BCUT2D eigenvalue weighted by atomic mass is 9.96. The minimum Gasteiger partial charge on any atom is -0.338 e. The first kappa shape index (κ1) is 17.1. The quantitative estimate of drug-likeness (QED) is 0.811. The summed E-state index contributed by atoms with van der Waals surface area (Å²) >= 11 is 1.46. The molecule has 1 amide bonds. The molecule has 1 fully saturated rings. The molecule has 1 saturated carbocycles. The molecule has 0 aromatic carbocycles. The molecular formula is C19H25N3OS. The van der Waals surface area contributed by atoms with Crippen molar-refractivity contribution in [3.05, 3.63) is 35.0 Å². The fourth-order valence-electron chi connectivity index (χ4n) is 3.34. The Morgan fingerprint density at radius 3 is 2.54 bits per heavy atom. The van der Waals surface area contributed by atoms with Crippen LogP contribution in [-0.4, -0.2) is 33.9 Å². The van der Waals surface area contributed by atoms with E-state index in [0.29, 0.717) is 6.04 Å². The molecule has 5 heteroatoms. The second kappa shape index (κ2) is 7.88. The molecule has 0 saturated heterocycles. The lowest BCUT2D eigenvalue weighted by Crippen LogP contribution is -2.37. The Bertz CT molecular complexity index is 675. The van der Waals surface area contributed by atoms with Crippen LogP contribution in [0.5, 0.6) is 0 Å². The third kappa shape index (κ3) is 3.83. The first-order valence-corrected chi connectivity index (χ1v) is 9.64. The van der Waals surface area contributed by atoms with Crippen molar-refractivity contribution in [2.45, 2.75) is 57.9 Å². The van der Waals surface area contributed by atoms with Gasteiger partial charge in [-0.3, -0.25) is 9.78 Å². The maximum atomic E-state index is 13.0. The lowest BCUT2D eigenvalue weighted by Gasteiger charge is -2.29. The van der Waals surface area contributed by atoms with Crippen LogP contribution in [0.25, 0.3) is 10.7 Å². The van der Waals surface area contributed by atoms with Gasteiger partial charge in [0.1, 0.15) is 9.88 Å². The van der Waals surface area contributed by atoms with E-state index < -0.39 is 0 Å². The number of aromatic nitrogens is 2. The van der Waals surface area contributed by atoms with Crippen LogP contribution in [0.4, 0.5) is 0 Å². The van der Waals surface area contributed by atoms with Gasteiger partial charge in [0.15, 0.2) is 0 Å². The summed E-state index contributed by atoms with van der Waals surface area (Å²) in [6.07, 6.45) is 10.4. The number of rotatable bonds is 3.